The Bertz CT molecular complexity index is 1090. The van der Waals surface area contributed by atoms with Gasteiger partial charge in [0, 0.05) is 17.4 Å². The number of anilines is 1. The SMILES string of the molecule is Cc1cc(C(=O)OCC(=O)Nc2ccc(CC#N)cc2)c2cnn(C(C)C)c2n1. The van der Waals surface area contributed by atoms with Crippen LogP contribution in [0.15, 0.2) is 36.5 Å². The quantitative estimate of drug-likeness (QED) is 0.646. The third-order valence-corrected chi connectivity index (χ3v) is 4.26. The van der Waals surface area contributed by atoms with E-state index in [9.17, 15) is 9.59 Å². The van der Waals surface area contributed by atoms with E-state index in [0.717, 1.165) is 5.56 Å². The first-order valence-corrected chi connectivity index (χ1v) is 9.16. The molecule has 0 bridgehead atoms. The second kappa shape index (κ2) is 8.52. The van der Waals surface area contributed by atoms with Gasteiger partial charge < -0.3 is 10.1 Å². The lowest BCUT2D eigenvalue weighted by Gasteiger charge is -2.09. The van der Waals surface area contributed by atoms with Crippen molar-refractivity contribution in [3.8, 4) is 6.07 Å². The summed E-state index contributed by atoms with van der Waals surface area (Å²) in [6, 6.07) is 10.7. The van der Waals surface area contributed by atoms with Gasteiger partial charge in [0.2, 0.25) is 0 Å². The molecule has 0 aliphatic heterocycles. The summed E-state index contributed by atoms with van der Waals surface area (Å²) in [4.78, 5) is 29.1. The number of carbonyl (C=O) groups is 2. The van der Waals surface area contributed by atoms with Gasteiger partial charge in [-0.1, -0.05) is 12.1 Å². The number of nitriles is 1. The average molecular weight is 391 g/mol. The number of amides is 1. The maximum absolute atomic E-state index is 12.6. The molecule has 0 saturated heterocycles. The summed E-state index contributed by atoms with van der Waals surface area (Å²) >= 11 is 0. The van der Waals surface area contributed by atoms with Crippen LogP contribution in [-0.2, 0) is 16.0 Å². The second-order valence-electron chi connectivity index (χ2n) is 6.89. The lowest BCUT2D eigenvalue weighted by atomic mass is 10.1. The third-order valence-electron chi connectivity index (χ3n) is 4.26. The number of carbonyl (C=O) groups excluding carboxylic acids is 2. The summed E-state index contributed by atoms with van der Waals surface area (Å²) in [5.41, 5.74) is 3.01. The molecule has 0 atom stereocenters. The van der Waals surface area contributed by atoms with Crippen molar-refractivity contribution in [1.82, 2.24) is 14.8 Å². The minimum Gasteiger partial charge on any atom is -0.452 e. The molecule has 148 valence electrons. The van der Waals surface area contributed by atoms with Crippen LogP contribution in [0, 0.1) is 18.3 Å². The molecule has 0 spiro atoms. The molecule has 29 heavy (non-hydrogen) atoms. The van der Waals surface area contributed by atoms with Gasteiger partial charge in [0.1, 0.15) is 0 Å². The van der Waals surface area contributed by atoms with Crippen LogP contribution in [0.1, 0.15) is 41.5 Å². The molecule has 0 radical (unpaired) electrons. The molecule has 1 aromatic carbocycles. The van der Waals surface area contributed by atoms with Gasteiger partial charge in [-0.05, 0) is 44.5 Å². The van der Waals surface area contributed by atoms with Crippen LogP contribution in [0.2, 0.25) is 0 Å². The molecular formula is C21H21N5O3. The monoisotopic (exact) mass is 391 g/mol. The number of fused-ring (bicyclic) bond motifs is 1. The molecule has 0 aliphatic rings. The normalized spacial score (nSPS) is 10.7. The molecule has 8 nitrogen and oxygen atoms in total. The van der Waals surface area contributed by atoms with E-state index < -0.39 is 18.5 Å². The maximum Gasteiger partial charge on any atom is 0.339 e. The fourth-order valence-corrected chi connectivity index (χ4v) is 2.89. The number of hydrogen-bond donors (Lipinski definition) is 1. The molecule has 0 unspecified atom stereocenters. The summed E-state index contributed by atoms with van der Waals surface area (Å²) in [7, 11) is 0. The van der Waals surface area contributed by atoms with Crippen molar-refractivity contribution in [1.29, 1.82) is 5.26 Å². The third kappa shape index (κ3) is 4.58. The molecule has 3 aromatic rings. The lowest BCUT2D eigenvalue weighted by Crippen LogP contribution is -2.21. The predicted octanol–water partition coefficient (Wildman–Crippen LogP) is 3.18. The molecule has 0 aliphatic carbocycles. The number of benzene rings is 1. The van der Waals surface area contributed by atoms with Gasteiger partial charge in [-0.15, -0.1) is 0 Å². The fraction of sp³-hybridized carbons (Fsp3) is 0.286. The number of esters is 1. The van der Waals surface area contributed by atoms with E-state index in [4.69, 9.17) is 10.00 Å². The number of ether oxygens (including phenoxy) is 1. The molecule has 1 N–H and O–H groups in total. The Morgan fingerprint density at radius 3 is 2.66 bits per heavy atom. The van der Waals surface area contributed by atoms with Gasteiger partial charge in [0.05, 0.1) is 29.6 Å². The van der Waals surface area contributed by atoms with Crippen LogP contribution >= 0.6 is 0 Å². The summed E-state index contributed by atoms with van der Waals surface area (Å²) in [6.07, 6.45) is 1.89. The van der Waals surface area contributed by atoms with Gasteiger partial charge in [0.25, 0.3) is 5.91 Å². The molecule has 2 aromatic heterocycles. The van der Waals surface area contributed by atoms with Crippen molar-refractivity contribution in [2.45, 2.75) is 33.2 Å². The maximum atomic E-state index is 12.6. The van der Waals surface area contributed by atoms with E-state index >= 15 is 0 Å². The van der Waals surface area contributed by atoms with Gasteiger partial charge in [-0.2, -0.15) is 10.4 Å². The minimum absolute atomic E-state index is 0.0935. The molecule has 8 heteroatoms. The Morgan fingerprint density at radius 2 is 2.00 bits per heavy atom. The van der Waals surface area contributed by atoms with Gasteiger partial charge in [-0.3, -0.25) is 4.79 Å². The Labute approximate surface area is 168 Å². The van der Waals surface area contributed by atoms with E-state index in [1.807, 2.05) is 13.8 Å². The van der Waals surface area contributed by atoms with E-state index in [1.165, 1.54) is 0 Å². The van der Waals surface area contributed by atoms with Crippen LogP contribution in [0.4, 0.5) is 5.69 Å². The molecule has 1 amide bonds. The van der Waals surface area contributed by atoms with E-state index in [1.54, 1.807) is 48.1 Å². The van der Waals surface area contributed by atoms with Crippen molar-refractivity contribution in [2.24, 2.45) is 0 Å². The zero-order valence-electron chi connectivity index (χ0n) is 16.5. The average Bonchev–Trinajstić information content (AvgIpc) is 3.11. The first-order chi connectivity index (χ1) is 13.9. The molecular weight excluding hydrogens is 370 g/mol. The summed E-state index contributed by atoms with van der Waals surface area (Å²) < 4.78 is 6.94. The summed E-state index contributed by atoms with van der Waals surface area (Å²) in [5, 5.41) is 16.2. The van der Waals surface area contributed by atoms with Crippen LogP contribution in [0.25, 0.3) is 11.0 Å². The van der Waals surface area contributed by atoms with Crippen molar-refractivity contribution in [3.63, 3.8) is 0 Å². The van der Waals surface area contributed by atoms with Crippen LogP contribution in [0.3, 0.4) is 0 Å². The molecule has 0 saturated carbocycles. The standard InChI is InChI=1S/C21H21N5O3/c1-13(2)26-20-18(11-23-26)17(10-14(3)24-20)21(28)29-12-19(27)25-16-6-4-15(5-7-16)8-9-22/h4-7,10-11,13H,8,12H2,1-3H3,(H,25,27). The molecule has 2 heterocycles. The van der Waals surface area contributed by atoms with Crippen LogP contribution in [0.5, 0.6) is 0 Å². The number of aryl methyl sites for hydroxylation is 1. The lowest BCUT2D eigenvalue weighted by molar-refractivity contribution is -0.119. The number of nitrogens with one attached hydrogen (secondary N) is 1. The highest BCUT2D eigenvalue weighted by Crippen LogP contribution is 2.21. The van der Waals surface area contributed by atoms with Gasteiger partial charge in [-0.25, -0.2) is 14.5 Å². The zero-order chi connectivity index (χ0) is 21.0. The number of nitrogens with zero attached hydrogens (tertiary/aromatic N) is 4. The zero-order valence-corrected chi connectivity index (χ0v) is 16.5. The van der Waals surface area contributed by atoms with Crippen molar-refractivity contribution < 1.29 is 14.3 Å². The van der Waals surface area contributed by atoms with E-state index in [0.29, 0.717) is 34.4 Å². The van der Waals surface area contributed by atoms with Crippen molar-refractivity contribution in [2.75, 3.05) is 11.9 Å². The first-order valence-electron chi connectivity index (χ1n) is 9.16. The van der Waals surface area contributed by atoms with E-state index in [2.05, 4.69) is 21.5 Å². The number of rotatable bonds is 6. The Balaban J connectivity index is 1.67. The van der Waals surface area contributed by atoms with Crippen LogP contribution in [-0.4, -0.2) is 33.2 Å². The topological polar surface area (TPSA) is 110 Å². The number of hydrogen-bond acceptors (Lipinski definition) is 6. The van der Waals surface area contributed by atoms with Crippen molar-refractivity contribution in [3.05, 3.63) is 53.3 Å². The van der Waals surface area contributed by atoms with Gasteiger partial charge >= 0.3 is 5.97 Å². The van der Waals surface area contributed by atoms with Crippen molar-refractivity contribution >= 4 is 28.6 Å². The first kappa shape index (κ1) is 20.0. The number of aromatic nitrogens is 3. The number of pyridine rings is 1. The Kier molecular flexibility index (Phi) is 5.88. The predicted molar refractivity (Wildman–Crippen MR) is 107 cm³/mol. The molecule has 3 rings (SSSR count). The van der Waals surface area contributed by atoms with Crippen LogP contribution < -0.4 is 5.32 Å². The summed E-state index contributed by atoms with van der Waals surface area (Å²) in [6.45, 7) is 5.33. The smallest absolute Gasteiger partial charge is 0.339 e. The highest BCUT2D eigenvalue weighted by Gasteiger charge is 2.19. The van der Waals surface area contributed by atoms with Gasteiger partial charge in [0.15, 0.2) is 12.3 Å². The van der Waals surface area contributed by atoms with E-state index in [-0.39, 0.29) is 6.04 Å². The minimum atomic E-state index is -0.608. The Hall–Kier alpha value is -3.73. The largest absolute Gasteiger partial charge is 0.452 e. The highest BCUT2D eigenvalue weighted by atomic mass is 16.5. The molecule has 0 fully saturated rings. The fourth-order valence-electron chi connectivity index (χ4n) is 2.89. The summed E-state index contributed by atoms with van der Waals surface area (Å²) in [5.74, 6) is -1.06. The highest BCUT2D eigenvalue weighted by molar-refractivity contribution is 6.03. The Morgan fingerprint density at radius 1 is 1.28 bits per heavy atom. The second-order valence-corrected chi connectivity index (χ2v) is 6.89.